The van der Waals surface area contributed by atoms with Crippen molar-refractivity contribution >= 4 is 17.6 Å². The van der Waals surface area contributed by atoms with E-state index < -0.39 is 11.8 Å². The summed E-state index contributed by atoms with van der Waals surface area (Å²) in [7, 11) is 0. The van der Waals surface area contributed by atoms with Gasteiger partial charge in [0.1, 0.15) is 11.6 Å². The Morgan fingerprint density at radius 2 is 1.83 bits per heavy atom. The van der Waals surface area contributed by atoms with Crippen molar-refractivity contribution in [3.8, 4) is 16.9 Å². The first-order valence-electron chi connectivity index (χ1n) is 5.01. The van der Waals surface area contributed by atoms with E-state index in [9.17, 15) is 14.3 Å². The van der Waals surface area contributed by atoms with E-state index in [0.717, 1.165) is 18.2 Å². The van der Waals surface area contributed by atoms with Crippen molar-refractivity contribution in [3.63, 3.8) is 0 Å². The van der Waals surface area contributed by atoms with Crippen LogP contribution in [0.4, 0.5) is 4.39 Å². The Kier molecular flexibility index (Phi) is 3.21. The Balaban J connectivity index is 2.73. The van der Waals surface area contributed by atoms with E-state index in [2.05, 4.69) is 0 Å². The maximum absolute atomic E-state index is 13.2. The van der Waals surface area contributed by atoms with Crippen molar-refractivity contribution in [3.05, 3.63) is 52.8 Å². The quantitative estimate of drug-likeness (QED) is 0.874. The number of hydrogen-bond donors (Lipinski definition) is 2. The molecule has 2 aromatic rings. The summed E-state index contributed by atoms with van der Waals surface area (Å²) < 4.78 is 13.2. The average Bonchev–Trinajstić information content (AvgIpc) is 2.31. The third kappa shape index (κ3) is 2.28. The zero-order chi connectivity index (χ0) is 13.3. The molecule has 0 unspecified atom stereocenters. The van der Waals surface area contributed by atoms with Gasteiger partial charge in [0.05, 0.1) is 5.56 Å². The smallest absolute Gasteiger partial charge is 0.336 e. The summed E-state index contributed by atoms with van der Waals surface area (Å²) >= 11 is 5.80. The first kappa shape index (κ1) is 12.4. The lowest BCUT2D eigenvalue weighted by Crippen LogP contribution is -1.99. The molecule has 0 spiro atoms. The Labute approximate surface area is 107 Å². The average molecular weight is 267 g/mol. The maximum atomic E-state index is 13.2. The van der Waals surface area contributed by atoms with Crippen LogP contribution in [0.3, 0.4) is 0 Å². The molecule has 0 amide bonds. The highest BCUT2D eigenvalue weighted by Crippen LogP contribution is 2.34. The minimum atomic E-state index is -1.18. The Morgan fingerprint density at radius 1 is 1.11 bits per heavy atom. The third-order valence-corrected chi connectivity index (χ3v) is 2.70. The van der Waals surface area contributed by atoms with Crippen LogP contribution in [-0.4, -0.2) is 16.2 Å². The summed E-state index contributed by atoms with van der Waals surface area (Å²) in [6, 6.07) is 7.42. The van der Waals surface area contributed by atoms with Crippen molar-refractivity contribution in [2.75, 3.05) is 0 Å². The molecule has 0 aliphatic carbocycles. The van der Waals surface area contributed by atoms with E-state index in [-0.39, 0.29) is 22.4 Å². The van der Waals surface area contributed by atoms with Gasteiger partial charge in [-0.25, -0.2) is 9.18 Å². The molecule has 92 valence electrons. The second-order valence-corrected chi connectivity index (χ2v) is 4.09. The molecule has 0 heterocycles. The molecule has 2 aromatic carbocycles. The summed E-state index contributed by atoms with van der Waals surface area (Å²) in [6.45, 7) is 0. The fraction of sp³-hybridized carbons (Fsp3) is 0. The molecule has 3 nitrogen and oxygen atoms in total. The SMILES string of the molecule is O=C(O)c1ccc(Cl)cc1-c1cc(F)ccc1O. The largest absolute Gasteiger partial charge is 0.507 e. The summed E-state index contributed by atoms with van der Waals surface area (Å²) in [5, 5.41) is 19.0. The molecular formula is C13H8ClFO3. The van der Waals surface area contributed by atoms with Crippen LogP contribution in [0.25, 0.3) is 11.1 Å². The van der Waals surface area contributed by atoms with E-state index >= 15 is 0 Å². The first-order chi connectivity index (χ1) is 8.49. The van der Waals surface area contributed by atoms with Gasteiger partial charge in [-0.3, -0.25) is 0 Å². The molecule has 18 heavy (non-hydrogen) atoms. The number of carboxylic acid groups (broad SMARTS) is 1. The zero-order valence-electron chi connectivity index (χ0n) is 9.02. The minimum Gasteiger partial charge on any atom is -0.507 e. The monoisotopic (exact) mass is 266 g/mol. The number of carbonyl (C=O) groups is 1. The van der Waals surface area contributed by atoms with E-state index in [4.69, 9.17) is 16.7 Å². The van der Waals surface area contributed by atoms with E-state index in [1.165, 1.54) is 18.2 Å². The molecule has 2 N–H and O–H groups in total. The van der Waals surface area contributed by atoms with Gasteiger partial charge < -0.3 is 10.2 Å². The van der Waals surface area contributed by atoms with Crippen molar-refractivity contribution in [2.45, 2.75) is 0 Å². The second-order valence-electron chi connectivity index (χ2n) is 3.66. The molecule has 0 saturated heterocycles. The molecule has 0 aliphatic heterocycles. The van der Waals surface area contributed by atoms with E-state index in [1.54, 1.807) is 0 Å². The summed E-state index contributed by atoms with van der Waals surface area (Å²) in [6.07, 6.45) is 0. The van der Waals surface area contributed by atoms with Gasteiger partial charge in [-0.15, -0.1) is 0 Å². The van der Waals surface area contributed by atoms with Crippen LogP contribution < -0.4 is 0 Å². The number of aromatic carboxylic acids is 1. The van der Waals surface area contributed by atoms with Crippen LogP contribution in [0.1, 0.15) is 10.4 Å². The van der Waals surface area contributed by atoms with Gasteiger partial charge in [0.2, 0.25) is 0 Å². The lowest BCUT2D eigenvalue weighted by Gasteiger charge is -2.09. The number of phenols is 1. The first-order valence-corrected chi connectivity index (χ1v) is 5.38. The fourth-order valence-corrected chi connectivity index (χ4v) is 1.82. The number of hydrogen-bond acceptors (Lipinski definition) is 2. The molecule has 0 radical (unpaired) electrons. The number of phenolic OH excluding ortho intramolecular Hbond substituents is 1. The van der Waals surface area contributed by atoms with Crippen molar-refractivity contribution in [1.29, 1.82) is 0 Å². The molecule has 0 bridgehead atoms. The van der Waals surface area contributed by atoms with Gasteiger partial charge in [0, 0.05) is 16.1 Å². The van der Waals surface area contributed by atoms with Gasteiger partial charge in [-0.2, -0.15) is 0 Å². The molecule has 0 aliphatic rings. The van der Waals surface area contributed by atoms with Crippen molar-refractivity contribution < 1.29 is 19.4 Å². The number of rotatable bonds is 2. The molecule has 0 fully saturated rings. The van der Waals surface area contributed by atoms with Crippen LogP contribution >= 0.6 is 11.6 Å². The summed E-state index contributed by atoms with van der Waals surface area (Å²) in [5.41, 5.74) is 0.210. The lowest BCUT2D eigenvalue weighted by atomic mass is 9.99. The second kappa shape index (κ2) is 4.66. The number of carboxylic acids is 1. The Hall–Kier alpha value is -2.07. The van der Waals surface area contributed by atoms with Gasteiger partial charge >= 0.3 is 5.97 Å². The Morgan fingerprint density at radius 3 is 2.50 bits per heavy atom. The molecule has 0 aromatic heterocycles. The molecule has 5 heteroatoms. The van der Waals surface area contributed by atoms with Crippen LogP contribution in [0.2, 0.25) is 5.02 Å². The standard InChI is InChI=1S/C13H8ClFO3/c14-7-1-3-9(13(17)18)10(5-7)11-6-8(15)2-4-12(11)16/h1-6,16H,(H,17,18). The van der Waals surface area contributed by atoms with E-state index in [1.807, 2.05) is 0 Å². The van der Waals surface area contributed by atoms with Gasteiger partial charge in [-0.05, 0) is 36.4 Å². The van der Waals surface area contributed by atoms with Crippen LogP contribution in [0, 0.1) is 5.82 Å². The summed E-state index contributed by atoms with van der Waals surface area (Å²) in [5.74, 6) is -1.95. The molecule has 0 atom stereocenters. The zero-order valence-corrected chi connectivity index (χ0v) is 9.78. The molecule has 2 rings (SSSR count). The van der Waals surface area contributed by atoms with Crippen molar-refractivity contribution in [1.82, 2.24) is 0 Å². The molecular weight excluding hydrogens is 259 g/mol. The van der Waals surface area contributed by atoms with Crippen LogP contribution in [-0.2, 0) is 0 Å². The number of aromatic hydroxyl groups is 1. The lowest BCUT2D eigenvalue weighted by molar-refractivity contribution is 0.0698. The van der Waals surface area contributed by atoms with Gasteiger partial charge in [-0.1, -0.05) is 11.6 Å². The van der Waals surface area contributed by atoms with Crippen molar-refractivity contribution in [2.24, 2.45) is 0 Å². The molecule has 0 saturated carbocycles. The number of benzene rings is 2. The topological polar surface area (TPSA) is 57.5 Å². The highest BCUT2D eigenvalue weighted by atomic mass is 35.5. The normalized spacial score (nSPS) is 10.3. The summed E-state index contributed by atoms with van der Waals surface area (Å²) in [4.78, 5) is 11.1. The van der Waals surface area contributed by atoms with Gasteiger partial charge in [0.25, 0.3) is 0 Å². The Bertz CT molecular complexity index is 626. The van der Waals surface area contributed by atoms with Gasteiger partial charge in [0.15, 0.2) is 0 Å². The number of halogens is 2. The third-order valence-electron chi connectivity index (χ3n) is 2.46. The highest BCUT2D eigenvalue weighted by molar-refractivity contribution is 6.31. The predicted molar refractivity (Wildman–Crippen MR) is 65.5 cm³/mol. The fourth-order valence-electron chi connectivity index (χ4n) is 1.65. The van der Waals surface area contributed by atoms with E-state index in [0.29, 0.717) is 5.02 Å². The minimum absolute atomic E-state index is 0.0553. The maximum Gasteiger partial charge on any atom is 0.336 e. The predicted octanol–water partition coefficient (Wildman–Crippen LogP) is 3.55. The van der Waals surface area contributed by atoms with Crippen LogP contribution in [0.5, 0.6) is 5.75 Å². The highest BCUT2D eigenvalue weighted by Gasteiger charge is 2.15. The van der Waals surface area contributed by atoms with Crippen LogP contribution in [0.15, 0.2) is 36.4 Å².